The minimum Gasteiger partial charge on any atom is -0.389 e. The lowest BCUT2D eigenvalue weighted by molar-refractivity contribution is -0.0542. The van der Waals surface area contributed by atoms with Gasteiger partial charge in [0, 0.05) is 0 Å². The second-order valence-corrected chi connectivity index (χ2v) is 5.51. The first-order chi connectivity index (χ1) is 10.2. The van der Waals surface area contributed by atoms with Crippen LogP contribution in [0, 0.1) is 0 Å². The van der Waals surface area contributed by atoms with Gasteiger partial charge in [-0.2, -0.15) is 0 Å². The third kappa shape index (κ3) is 3.52. The van der Waals surface area contributed by atoms with Gasteiger partial charge in [0.2, 0.25) is 0 Å². The summed E-state index contributed by atoms with van der Waals surface area (Å²) < 4.78 is 0. The minimum absolute atomic E-state index is 0.591. The maximum absolute atomic E-state index is 11.3. The van der Waals surface area contributed by atoms with Crippen molar-refractivity contribution in [2.45, 2.75) is 44.3 Å². The van der Waals surface area contributed by atoms with Crippen LogP contribution in [0.1, 0.15) is 43.7 Å². The highest BCUT2D eigenvalue weighted by atomic mass is 16.3. The van der Waals surface area contributed by atoms with Crippen LogP contribution >= 0.6 is 0 Å². The van der Waals surface area contributed by atoms with Crippen LogP contribution in [0.25, 0.3) is 0 Å². The molecular formula is C19H24O2. The lowest BCUT2D eigenvalue weighted by Gasteiger charge is -2.34. The van der Waals surface area contributed by atoms with Crippen molar-refractivity contribution >= 4 is 0 Å². The second-order valence-electron chi connectivity index (χ2n) is 5.51. The van der Waals surface area contributed by atoms with Crippen LogP contribution in [0.2, 0.25) is 0 Å². The van der Waals surface area contributed by atoms with Crippen molar-refractivity contribution in [3.8, 4) is 0 Å². The lowest BCUT2D eigenvalue weighted by Crippen LogP contribution is -2.40. The summed E-state index contributed by atoms with van der Waals surface area (Å²) in [5, 5.41) is 21.9. The molecular weight excluding hydrogens is 260 g/mol. The molecule has 2 rings (SSSR count). The number of aliphatic hydroxyl groups excluding tert-OH is 1. The van der Waals surface area contributed by atoms with Gasteiger partial charge < -0.3 is 10.2 Å². The molecule has 0 aliphatic carbocycles. The summed E-state index contributed by atoms with van der Waals surface area (Å²) in [4.78, 5) is 0. The molecule has 0 heterocycles. The van der Waals surface area contributed by atoms with Crippen molar-refractivity contribution < 1.29 is 10.2 Å². The van der Waals surface area contributed by atoms with E-state index in [1.807, 2.05) is 60.7 Å². The number of hydrogen-bond donors (Lipinski definition) is 2. The van der Waals surface area contributed by atoms with E-state index in [9.17, 15) is 10.2 Å². The first-order valence-electron chi connectivity index (χ1n) is 7.71. The van der Waals surface area contributed by atoms with Crippen molar-refractivity contribution in [3.05, 3.63) is 71.8 Å². The van der Waals surface area contributed by atoms with Crippen molar-refractivity contribution in [2.24, 2.45) is 0 Å². The van der Waals surface area contributed by atoms with Gasteiger partial charge in [-0.05, 0) is 17.5 Å². The molecule has 2 heteroatoms. The van der Waals surface area contributed by atoms with E-state index in [1.54, 1.807) is 0 Å². The molecule has 0 aliphatic rings. The zero-order valence-electron chi connectivity index (χ0n) is 12.6. The topological polar surface area (TPSA) is 40.5 Å². The molecule has 0 amide bonds. The lowest BCUT2D eigenvalue weighted by atomic mass is 9.80. The summed E-state index contributed by atoms with van der Waals surface area (Å²) in [6, 6.07) is 18.9. The van der Waals surface area contributed by atoms with E-state index >= 15 is 0 Å². The maximum Gasteiger partial charge on any atom is 0.140 e. The van der Waals surface area contributed by atoms with Crippen LogP contribution in [0.3, 0.4) is 0 Å². The average Bonchev–Trinajstić information content (AvgIpc) is 2.56. The van der Waals surface area contributed by atoms with Gasteiger partial charge in [-0.15, -0.1) is 0 Å². The number of hydrogen-bond acceptors (Lipinski definition) is 2. The molecule has 2 aromatic carbocycles. The maximum atomic E-state index is 11.3. The molecule has 0 saturated carbocycles. The zero-order chi connectivity index (χ0) is 15.1. The largest absolute Gasteiger partial charge is 0.389 e. The van der Waals surface area contributed by atoms with Gasteiger partial charge in [0.1, 0.15) is 5.60 Å². The standard InChI is InChI=1S/C19H24O2/c1-2-3-6-15-18(20)19(21,16-11-7-4-8-12-16)17-13-9-5-10-14-17/h4-5,7-14,18,20-21H,2-3,6,15H2,1H3. The summed E-state index contributed by atoms with van der Waals surface area (Å²) in [5.74, 6) is 0. The van der Waals surface area contributed by atoms with E-state index in [4.69, 9.17) is 0 Å². The highest BCUT2D eigenvalue weighted by Gasteiger charge is 2.38. The molecule has 0 radical (unpaired) electrons. The fourth-order valence-corrected chi connectivity index (χ4v) is 2.73. The number of rotatable bonds is 7. The molecule has 0 spiro atoms. The third-order valence-electron chi connectivity index (χ3n) is 3.99. The first kappa shape index (κ1) is 15.7. The van der Waals surface area contributed by atoms with Crippen molar-refractivity contribution in [1.29, 1.82) is 0 Å². The molecule has 112 valence electrons. The van der Waals surface area contributed by atoms with E-state index in [0.29, 0.717) is 6.42 Å². The Hall–Kier alpha value is -1.64. The number of unbranched alkanes of at least 4 members (excludes halogenated alkanes) is 2. The molecule has 2 aromatic rings. The highest BCUT2D eigenvalue weighted by molar-refractivity contribution is 5.37. The second kappa shape index (κ2) is 7.39. The molecule has 2 nitrogen and oxygen atoms in total. The fraction of sp³-hybridized carbons (Fsp3) is 0.368. The molecule has 21 heavy (non-hydrogen) atoms. The van der Waals surface area contributed by atoms with Gasteiger partial charge in [-0.1, -0.05) is 86.8 Å². The van der Waals surface area contributed by atoms with Gasteiger partial charge >= 0.3 is 0 Å². The van der Waals surface area contributed by atoms with E-state index in [-0.39, 0.29) is 0 Å². The number of aliphatic hydroxyl groups is 2. The zero-order valence-corrected chi connectivity index (χ0v) is 12.6. The normalized spacial score (nSPS) is 13.1. The van der Waals surface area contributed by atoms with Crippen LogP contribution in [0.15, 0.2) is 60.7 Å². The molecule has 1 unspecified atom stereocenters. The Balaban J connectivity index is 2.35. The van der Waals surface area contributed by atoms with Gasteiger partial charge in [-0.3, -0.25) is 0 Å². The average molecular weight is 284 g/mol. The fourth-order valence-electron chi connectivity index (χ4n) is 2.73. The Labute approximate surface area is 127 Å². The Bertz CT molecular complexity index is 482. The van der Waals surface area contributed by atoms with Gasteiger partial charge in [0.15, 0.2) is 0 Å². The molecule has 0 saturated heterocycles. The predicted molar refractivity (Wildman–Crippen MR) is 86.0 cm³/mol. The Morgan fingerprint density at radius 3 is 1.76 bits per heavy atom. The smallest absolute Gasteiger partial charge is 0.140 e. The van der Waals surface area contributed by atoms with Crippen molar-refractivity contribution in [1.82, 2.24) is 0 Å². The summed E-state index contributed by atoms with van der Waals surface area (Å²) in [6.45, 7) is 2.13. The molecule has 1 atom stereocenters. The van der Waals surface area contributed by atoms with Crippen LogP contribution < -0.4 is 0 Å². The van der Waals surface area contributed by atoms with Crippen LogP contribution in [0.4, 0.5) is 0 Å². The van der Waals surface area contributed by atoms with Crippen molar-refractivity contribution in [2.75, 3.05) is 0 Å². The minimum atomic E-state index is -1.35. The van der Waals surface area contributed by atoms with E-state index < -0.39 is 11.7 Å². The van der Waals surface area contributed by atoms with E-state index in [0.717, 1.165) is 30.4 Å². The van der Waals surface area contributed by atoms with Crippen LogP contribution in [-0.2, 0) is 5.60 Å². The first-order valence-corrected chi connectivity index (χ1v) is 7.71. The molecule has 0 aliphatic heterocycles. The highest BCUT2D eigenvalue weighted by Crippen LogP contribution is 2.35. The Morgan fingerprint density at radius 1 is 0.857 bits per heavy atom. The van der Waals surface area contributed by atoms with Crippen LogP contribution in [0.5, 0.6) is 0 Å². The Morgan fingerprint density at radius 2 is 1.33 bits per heavy atom. The molecule has 0 fully saturated rings. The van der Waals surface area contributed by atoms with Gasteiger partial charge in [-0.25, -0.2) is 0 Å². The van der Waals surface area contributed by atoms with E-state index in [2.05, 4.69) is 6.92 Å². The van der Waals surface area contributed by atoms with Crippen molar-refractivity contribution in [3.63, 3.8) is 0 Å². The van der Waals surface area contributed by atoms with Gasteiger partial charge in [0.25, 0.3) is 0 Å². The molecule has 0 aromatic heterocycles. The predicted octanol–water partition coefficient (Wildman–Crippen LogP) is 3.86. The van der Waals surface area contributed by atoms with E-state index in [1.165, 1.54) is 0 Å². The number of benzene rings is 2. The molecule has 0 bridgehead atoms. The van der Waals surface area contributed by atoms with Crippen LogP contribution in [-0.4, -0.2) is 16.3 Å². The molecule has 2 N–H and O–H groups in total. The monoisotopic (exact) mass is 284 g/mol. The quantitative estimate of drug-likeness (QED) is 0.758. The van der Waals surface area contributed by atoms with Gasteiger partial charge in [0.05, 0.1) is 6.10 Å². The summed E-state index contributed by atoms with van der Waals surface area (Å²) in [7, 11) is 0. The summed E-state index contributed by atoms with van der Waals surface area (Å²) in [5.41, 5.74) is 0.122. The summed E-state index contributed by atoms with van der Waals surface area (Å²) >= 11 is 0. The SMILES string of the molecule is CCCCCC(O)C(O)(c1ccccc1)c1ccccc1. The third-order valence-corrected chi connectivity index (χ3v) is 3.99. The summed E-state index contributed by atoms with van der Waals surface area (Å²) in [6.07, 6.45) is 2.86. The Kier molecular flexibility index (Phi) is 5.54.